The summed E-state index contributed by atoms with van der Waals surface area (Å²) in [6.45, 7) is 1.08. The molecule has 0 radical (unpaired) electrons. The van der Waals surface area contributed by atoms with Gasteiger partial charge in [-0.25, -0.2) is 13.2 Å². The molecule has 0 aromatic heterocycles. The Morgan fingerprint density at radius 3 is 2.36 bits per heavy atom. The third-order valence-electron chi connectivity index (χ3n) is 4.93. The minimum absolute atomic E-state index is 0.0295. The monoisotopic (exact) mass is 475 g/mol. The topological polar surface area (TPSA) is 160 Å². The first-order valence-corrected chi connectivity index (χ1v) is 11.6. The van der Waals surface area contributed by atoms with Crippen LogP contribution in [0.3, 0.4) is 0 Å². The van der Waals surface area contributed by atoms with Crippen molar-refractivity contribution in [3.8, 4) is 0 Å². The Hall–Kier alpha value is -3.48. The molecule has 0 aliphatic carbocycles. The van der Waals surface area contributed by atoms with Crippen LogP contribution in [0.15, 0.2) is 59.5 Å². The molecule has 5 N–H and O–H groups in total. The minimum Gasteiger partial charge on any atom is -0.379 e. The number of hydrazine groups is 1. The number of hydrogen-bond donors (Lipinski definition) is 4. The molecule has 1 saturated heterocycles. The SMILES string of the molecule is NC(=O)NC(CC(=O)NNC(=O)c1cccc(S(=O)(=O)N2CCOCC2)c1)c1ccccc1. The van der Waals surface area contributed by atoms with Crippen LogP contribution in [0.4, 0.5) is 4.79 Å². The predicted molar refractivity (Wildman–Crippen MR) is 118 cm³/mol. The number of carbonyl (C=O) groups is 3. The molecule has 2 aromatic carbocycles. The van der Waals surface area contributed by atoms with Crippen LogP contribution < -0.4 is 21.9 Å². The van der Waals surface area contributed by atoms with Gasteiger partial charge in [-0.2, -0.15) is 4.31 Å². The highest BCUT2D eigenvalue weighted by Crippen LogP contribution is 2.19. The van der Waals surface area contributed by atoms with Crippen LogP contribution in [0.25, 0.3) is 0 Å². The Labute approximate surface area is 191 Å². The first-order chi connectivity index (χ1) is 15.8. The molecule has 11 nitrogen and oxygen atoms in total. The molecular weight excluding hydrogens is 450 g/mol. The summed E-state index contributed by atoms with van der Waals surface area (Å²) >= 11 is 0. The number of primary amides is 1. The Kier molecular flexibility index (Phi) is 7.98. The van der Waals surface area contributed by atoms with Crippen molar-refractivity contribution in [3.63, 3.8) is 0 Å². The summed E-state index contributed by atoms with van der Waals surface area (Å²) in [5.74, 6) is -1.27. The highest BCUT2D eigenvalue weighted by molar-refractivity contribution is 7.89. The third-order valence-corrected chi connectivity index (χ3v) is 6.82. The minimum atomic E-state index is -3.77. The van der Waals surface area contributed by atoms with Gasteiger partial charge >= 0.3 is 6.03 Å². The van der Waals surface area contributed by atoms with Crippen LogP contribution in [-0.4, -0.2) is 56.9 Å². The number of urea groups is 1. The van der Waals surface area contributed by atoms with Gasteiger partial charge in [0.25, 0.3) is 5.91 Å². The van der Waals surface area contributed by atoms with Crippen molar-refractivity contribution in [3.05, 3.63) is 65.7 Å². The average Bonchev–Trinajstić information content (AvgIpc) is 2.83. The maximum Gasteiger partial charge on any atom is 0.312 e. The summed E-state index contributed by atoms with van der Waals surface area (Å²) in [6, 6.07) is 12.8. The molecule has 4 amide bonds. The molecule has 0 saturated carbocycles. The Bertz CT molecular complexity index is 1100. The van der Waals surface area contributed by atoms with Crippen molar-refractivity contribution >= 4 is 27.9 Å². The molecule has 1 atom stereocenters. The van der Waals surface area contributed by atoms with E-state index in [2.05, 4.69) is 16.2 Å². The lowest BCUT2D eigenvalue weighted by Crippen LogP contribution is -2.44. The fraction of sp³-hybridized carbons (Fsp3) is 0.286. The molecule has 176 valence electrons. The fourth-order valence-electron chi connectivity index (χ4n) is 3.28. The van der Waals surface area contributed by atoms with E-state index in [4.69, 9.17) is 10.5 Å². The molecule has 1 aliphatic rings. The summed E-state index contributed by atoms with van der Waals surface area (Å²) < 4.78 is 32.1. The van der Waals surface area contributed by atoms with E-state index in [9.17, 15) is 22.8 Å². The summed E-state index contributed by atoms with van der Waals surface area (Å²) in [6.07, 6.45) is -0.182. The molecule has 33 heavy (non-hydrogen) atoms. The van der Waals surface area contributed by atoms with E-state index in [0.717, 1.165) is 0 Å². The molecular formula is C21H25N5O6S. The summed E-state index contributed by atoms with van der Waals surface area (Å²) in [7, 11) is -3.77. The van der Waals surface area contributed by atoms with Crippen molar-refractivity contribution in [2.45, 2.75) is 17.4 Å². The van der Waals surface area contributed by atoms with Crippen molar-refractivity contribution in [1.29, 1.82) is 0 Å². The van der Waals surface area contributed by atoms with Gasteiger partial charge in [0, 0.05) is 18.7 Å². The third kappa shape index (κ3) is 6.51. The van der Waals surface area contributed by atoms with E-state index >= 15 is 0 Å². The Balaban J connectivity index is 1.62. The number of sulfonamides is 1. The number of benzene rings is 2. The second kappa shape index (κ2) is 10.9. The standard InChI is InChI=1S/C21H25N5O6S/c22-21(29)23-18(15-5-2-1-3-6-15)14-19(27)24-25-20(28)16-7-4-8-17(13-16)33(30,31)26-9-11-32-12-10-26/h1-8,13,18H,9-12,14H2,(H,24,27)(H,25,28)(H3,22,23,29). The van der Waals surface area contributed by atoms with Crippen molar-refractivity contribution in [2.24, 2.45) is 5.73 Å². The number of nitrogens with zero attached hydrogens (tertiary/aromatic N) is 1. The van der Waals surface area contributed by atoms with Crippen LogP contribution in [0.2, 0.25) is 0 Å². The van der Waals surface area contributed by atoms with Gasteiger partial charge in [0.2, 0.25) is 15.9 Å². The average molecular weight is 476 g/mol. The summed E-state index contributed by atoms with van der Waals surface area (Å²) in [5, 5.41) is 2.49. The van der Waals surface area contributed by atoms with Crippen LogP contribution in [0, 0.1) is 0 Å². The Morgan fingerprint density at radius 2 is 1.70 bits per heavy atom. The molecule has 1 fully saturated rings. The lowest BCUT2D eigenvalue weighted by molar-refractivity contribution is -0.122. The second-order valence-corrected chi connectivity index (χ2v) is 9.16. The fourth-order valence-corrected chi connectivity index (χ4v) is 4.73. The normalized spacial score (nSPS) is 15.3. The number of amides is 4. The van der Waals surface area contributed by atoms with Crippen LogP contribution in [-0.2, 0) is 19.6 Å². The quantitative estimate of drug-likeness (QED) is 0.421. The van der Waals surface area contributed by atoms with Gasteiger partial charge in [0.1, 0.15) is 0 Å². The Morgan fingerprint density at radius 1 is 1.00 bits per heavy atom. The van der Waals surface area contributed by atoms with Gasteiger partial charge in [-0.3, -0.25) is 20.4 Å². The van der Waals surface area contributed by atoms with Crippen molar-refractivity contribution in [2.75, 3.05) is 26.3 Å². The van der Waals surface area contributed by atoms with E-state index in [0.29, 0.717) is 18.8 Å². The number of morpholine rings is 1. The predicted octanol–water partition coefficient (Wildman–Crippen LogP) is 0.268. The zero-order valence-corrected chi connectivity index (χ0v) is 18.5. The molecule has 1 heterocycles. The number of hydrogen-bond acceptors (Lipinski definition) is 6. The van der Waals surface area contributed by atoms with Crippen LogP contribution in [0.1, 0.15) is 28.4 Å². The van der Waals surface area contributed by atoms with E-state index in [1.807, 2.05) is 0 Å². The maximum atomic E-state index is 12.8. The summed E-state index contributed by atoms with van der Waals surface area (Å²) in [4.78, 5) is 36.1. The number of nitrogens with one attached hydrogen (secondary N) is 3. The largest absolute Gasteiger partial charge is 0.379 e. The zero-order chi connectivity index (χ0) is 23.8. The highest BCUT2D eigenvalue weighted by Gasteiger charge is 2.27. The van der Waals surface area contributed by atoms with E-state index in [1.165, 1.54) is 28.6 Å². The van der Waals surface area contributed by atoms with Crippen molar-refractivity contribution in [1.82, 2.24) is 20.5 Å². The molecule has 2 aromatic rings. The zero-order valence-electron chi connectivity index (χ0n) is 17.7. The van der Waals surface area contributed by atoms with Crippen LogP contribution >= 0.6 is 0 Å². The van der Waals surface area contributed by atoms with E-state index in [1.54, 1.807) is 30.3 Å². The molecule has 12 heteroatoms. The number of rotatable bonds is 7. The first-order valence-electron chi connectivity index (χ1n) is 10.2. The number of carbonyl (C=O) groups excluding carboxylic acids is 3. The van der Waals surface area contributed by atoms with Gasteiger partial charge in [-0.15, -0.1) is 0 Å². The van der Waals surface area contributed by atoms with Gasteiger partial charge in [0.15, 0.2) is 0 Å². The smallest absolute Gasteiger partial charge is 0.312 e. The first kappa shape index (κ1) is 24.2. The molecule has 3 rings (SSSR count). The van der Waals surface area contributed by atoms with Crippen LogP contribution in [0.5, 0.6) is 0 Å². The lowest BCUT2D eigenvalue weighted by Gasteiger charge is -2.26. The molecule has 1 aliphatic heterocycles. The van der Waals surface area contributed by atoms with Gasteiger partial charge in [0.05, 0.1) is 30.6 Å². The lowest BCUT2D eigenvalue weighted by atomic mass is 10.0. The molecule has 1 unspecified atom stereocenters. The second-order valence-electron chi connectivity index (χ2n) is 7.22. The highest BCUT2D eigenvalue weighted by atomic mass is 32.2. The van der Waals surface area contributed by atoms with Crippen molar-refractivity contribution < 1.29 is 27.5 Å². The summed E-state index contributed by atoms with van der Waals surface area (Å²) in [5.41, 5.74) is 10.4. The molecule has 0 spiro atoms. The molecule has 0 bridgehead atoms. The number of nitrogens with two attached hydrogens (primary N) is 1. The van der Waals surface area contributed by atoms with Gasteiger partial charge in [-0.05, 0) is 23.8 Å². The van der Waals surface area contributed by atoms with E-state index in [-0.39, 0.29) is 30.0 Å². The maximum absolute atomic E-state index is 12.8. The van der Waals surface area contributed by atoms with Gasteiger partial charge < -0.3 is 15.8 Å². The van der Waals surface area contributed by atoms with E-state index < -0.39 is 33.9 Å². The number of ether oxygens (including phenoxy) is 1. The van der Waals surface area contributed by atoms with Gasteiger partial charge in [-0.1, -0.05) is 36.4 Å².